The molecular formula is C16H24N2O2. The van der Waals surface area contributed by atoms with Crippen LogP contribution in [-0.4, -0.2) is 25.1 Å². The summed E-state index contributed by atoms with van der Waals surface area (Å²) in [5.41, 5.74) is 8.00. The first-order valence-corrected chi connectivity index (χ1v) is 7.29. The average molecular weight is 276 g/mol. The molecule has 1 aromatic rings. The van der Waals surface area contributed by atoms with E-state index in [-0.39, 0.29) is 12.0 Å². The molecule has 1 fully saturated rings. The second-order valence-electron chi connectivity index (χ2n) is 5.64. The van der Waals surface area contributed by atoms with Crippen molar-refractivity contribution in [3.8, 4) is 0 Å². The first-order valence-electron chi connectivity index (χ1n) is 7.29. The Hall–Kier alpha value is -1.39. The van der Waals surface area contributed by atoms with Crippen molar-refractivity contribution >= 4 is 5.91 Å². The van der Waals surface area contributed by atoms with Crippen molar-refractivity contribution in [3.63, 3.8) is 0 Å². The van der Waals surface area contributed by atoms with Gasteiger partial charge in [0, 0.05) is 19.1 Å². The molecule has 1 heterocycles. The molecule has 4 nitrogen and oxygen atoms in total. The summed E-state index contributed by atoms with van der Waals surface area (Å²) >= 11 is 0. The molecule has 2 rings (SSSR count). The van der Waals surface area contributed by atoms with E-state index in [9.17, 15) is 4.79 Å². The van der Waals surface area contributed by atoms with Crippen LogP contribution in [-0.2, 0) is 9.53 Å². The van der Waals surface area contributed by atoms with Crippen molar-refractivity contribution in [2.24, 2.45) is 11.7 Å². The summed E-state index contributed by atoms with van der Waals surface area (Å²) in [7, 11) is 0. The lowest BCUT2D eigenvalue weighted by Crippen LogP contribution is -2.42. The van der Waals surface area contributed by atoms with Crippen LogP contribution in [0.2, 0.25) is 0 Å². The predicted molar refractivity (Wildman–Crippen MR) is 79.3 cm³/mol. The highest BCUT2D eigenvalue weighted by molar-refractivity contribution is 5.80. The van der Waals surface area contributed by atoms with Gasteiger partial charge in [-0.25, -0.2) is 0 Å². The molecule has 0 aliphatic carbocycles. The van der Waals surface area contributed by atoms with Gasteiger partial charge in [0.1, 0.15) is 0 Å². The summed E-state index contributed by atoms with van der Waals surface area (Å²) in [5.74, 6) is 0.215. The molecule has 1 aliphatic rings. The Morgan fingerprint density at radius 1 is 1.45 bits per heavy atom. The van der Waals surface area contributed by atoms with Crippen LogP contribution >= 0.6 is 0 Å². The number of aryl methyl sites for hydroxylation is 1. The molecule has 0 bridgehead atoms. The molecule has 110 valence electrons. The minimum Gasteiger partial charge on any atom is -0.373 e. The Morgan fingerprint density at radius 2 is 2.15 bits per heavy atom. The lowest BCUT2D eigenvalue weighted by Gasteiger charge is -2.32. The summed E-state index contributed by atoms with van der Waals surface area (Å²) in [6, 6.07) is 7.98. The number of benzene rings is 1. The van der Waals surface area contributed by atoms with E-state index in [2.05, 4.69) is 36.5 Å². The van der Waals surface area contributed by atoms with Crippen LogP contribution in [0.15, 0.2) is 24.3 Å². The first kappa shape index (κ1) is 15.0. The number of amides is 1. The first-order chi connectivity index (χ1) is 9.58. The molecule has 4 heteroatoms. The summed E-state index contributed by atoms with van der Waals surface area (Å²) < 4.78 is 5.93. The third-order valence-electron chi connectivity index (χ3n) is 3.80. The van der Waals surface area contributed by atoms with E-state index in [1.54, 1.807) is 6.92 Å². The van der Waals surface area contributed by atoms with Crippen LogP contribution < -0.4 is 11.1 Å². The minimum absolute atomic E-state index is 0.0673. The van der Waals surface area contributed by atoms with Gasteiger partial charge in [-0.3, -0.25) is 4.79 Å². The zero-order valence-electron chi connectivity index (χ0n) is 12.3. The quantitative estimate of drug-likeness (QED) is 0.883. The molecule has 1 aliphatic heterocycles. The van der Waals surface area contributed by atoms with Gasteiger partial charge in [0.2, 0.25) is 5.91 Å². The third kappa shape index (κ3) is 3.81. The van der Waals surface area contributed by atoms with Gasteiger partial charge in [0.15, 0.2) is 0 Å². The van der Waals surface area contributed by atoms with Crippen molar-refractivity contribution < 1.29 is 9.53 Å². The molecule has 1 aromatic carbocycles. The van der Waals surface area contributed by atoms with Crippen molar-refractivity contribution in [2.45, 2.75) is 38.8 Å². The fraction of sp³-hybridized carbons (Fsp3) is 0.562. The van der Waals surface area contributed by atoms with Gasteiger partial charge in [-0.1, -0.05) is 29.8 Å². The SMILES string of the molecule is Cc1ccc(C2OCCCC2CNC(=O)[C@H](C)N)cc1. The molecule has 1 saturated heterocycles. The highest BCUT2D eigenvalue weighted by Gasteiger charge is 2.27. The molecule has 1 amide bonds. The van der Waals surface area contributed by atoms with E-state index >= 15 is 0 Å². The highest BCUT2D eigenvalue weighted by Crippen LogP contribution is 2.33. The van der Waals surface area contributed by atoms with Crippen LogP contribution in [0.3, 0.4) is 0 Å². The van der Waals surface area contributed by atoms with E-state index in [1.165, 1.54) is 11.1 Å². The smallest absolute Gasteiger partial charge is 0.236 e. The van der Waals surface area contributed by atoms with Crippen molar-refractivity contribution in [2.75, 3.05) is 13.2 Å². The summed E-state index contributed by atoms with van der Waals surface area (Å²) in [4.78, 5) is 11.6. The maximum atomic E-state index is 11.6. The summed E-state index contributed by atoms with van der Waals surface area (Å²) in [6.45, 7) is 5.19. The number of nitrogens with one attached hydrogen (secondary N) is 1. The van der Waals surface area contributed by atoms with Gasteiger partial charge in [0.25, 0.3) is 0 Å². The minimum atomic E-state index is -0.461. The van der Waals surface area contributed by atoms with Crippen molar-refractivity contribution in [1.82, 2.24) is 5.32 Å². The molecule has 0 radical (unpaired) electrons. The number of carbonyl (C=O) groups excluding carboxylic acids is 1. The van der Waals surface area contributed by atoms with Crippen molar-refractivity contribution in [1.29, 1.82) is 0 Å². The van der Waals surface area contributed by atoms with Gasteiger partial charge < -0.3 is 15.8 Å². The monoisotopic (exact) mass is 276 g/mol. The Morgan fingerprint density at radius 3 is 2.80 bits per heavy atom. The number of ether oxygens (including phenoxy) is 1. The van der Waals surface area contributed by atoms with Gasteiger partial charge in [-0.15, -0.1) is 0 Å². The maximum absolute atomic E-state index is 11.6. The van der Waals surface area contributed by atoms with E-state index in [0.717, 1.165) is 19.4 Å². The molecule has 20 heavy (non-hydrogen) atoms. The normalized spacial score (nSPS) is 24.1. The Kier molecular flexibility index (Phi) is 5.15. The molecular weight excluding hydrogens is 252 g/mol. The molecule has 0 spiro atoms. The molecule has 3 atom stereocenters. The standard InChI is InChI=1S/C16H24N2O2/c1-11-5-7-13(8-6-11)15-14(4-3-9-20-15)10-18-16(19)12(2)17/h5-8,12,14-15H,3-4,9-10,17H2,1-2H3,(H,18,19)/t12-,14?,15?/m0/s1. The zero-order valence-corrected chi connectivity index (χ0v) is 12.3. The topological polar surface area (TPSA) is 64.3 Å². The Labute approximate surface area is 120 Å². The number of carbonyl (C=O) groups is 1. The van der Waals surface area contributed by atoms with Gasteiger partial charge in [-0.05, 0) is 32.3 Å². The van der Waals surface area contributed by atoms with Gasteiger partial charge in [-0.2, -0.15) is 0 Å². The Bertz CT molecular complexity index is 442. The summed E-state index contributed by atoms with van der Waals surface area (Å²) in [5, 5.41) is 2.92. The Balaban J connectivity index is 2.01. The van der Waals surface area contributed by atoms with E-state index in [4.69, 9.17) is 10.5 Å². The fourth-order valence-electron chi connectivity index (χ4n) is 2.57. The van der Waals surface area contributed by atoms with Crippen LogP contribution in [0, 0.1) is 12.8 Å². The maximum Gasteiger partial charge on any atom is 0.236 e. The lowest BCUT2D eigenvalue weighted by molar-refractivity contribution is -0.122. The zero-order chi connectivity index (χ0) is 14.5. The second-order valence-corrected chi connectivity index (χ2v) is 5.64. The second kappa shape index (κ2) is 6.86. The number of rotatable bonds is 4. The van der Waals surface area contributed by atoms with Crippen LogP contribution in [0.1, 0.15) is 37.0 Å². The fourth-order valence-corrected chi connectivity index (χ4v) is 2.57. The molecule has 2 unspecified atom stereocenters. The molecule has 0 aromatic heterocycles. The van der Waals surface area contributed by atoms with Crippen LogP contribution in [0.5, 0.6) is 0 Å². The van der Waals surface area contributed by atoms with Crippen LogP contribution in [0.4, 0.5) is 0 Å². The third-order valence-corrected chi connectivity index (χ3v) is 3.80. The van der Waals surface area contributed by atoms with Gasteiger partial charge in [0.05, 0.1) is 12.1 Å². The van der Waals surface area contributed by atoms with Crippen molar-refractivity contribution in [3.05, 3.63) is 35.4 Å². The van der Waals surface area contributed by atoms with E-state index in [0.29, 0.717) is 12.5 Å². The van der Waals surface area contributed by atoms with Crippen LogP contribution in [0.25, 0.3) is 0 Å². The largest absolute Gasteiger partial charge is 0.373 e. The number of hydrogen-bond donors (Lipinski definition) is 2. The molecule has 0 saturated carbocycles. The highest BCUT2D eigenvalue weighted by atomic mass is 16.5. The predicted octanol–water partition coefficient (Wildman–Crippen LogP) is 1.93. The lowest BCUT2D eigenvalue weighted by atomic mass is 9.89. The van der Waals surface area contributed by atoms with Gasteiger partial charge >= 0.3 is 0 Å². The average Bonchev–Trinajstić information content (AvgIpc) is 2.46. The summed E-state index contributed by atoms with van der Waals surface area (Å²) in [6.07, 6.45) is 2.18. The van der Waals surface area contributed by atoms with E-state index in [1.807, 2.05) is 0 Å². The number of nitrogens with two attached hydrogens (primary N) is 1. The number of hydrogen-bond acceptors (Lipinski definition) is 3. The molecule has 3 N–H and O–H groups in total. The van der Waals surface area contributed by atoms with E-state index < -0.39 is 6.04 Å².